The number of aromatic nitrogens is 2. The average molecular weight is 412 g/mol. The second kappa shape index (κ2) is 10.2. The van der Waals surface area contributed by atoms with Crippen LogP contribution in [0, 0.1) is 18.7 Å². The quantitative estimate of drug-likeness (QED) is 0.648. The zero-order valence-electron chi connectivity index (χ0n) is 16.4. The monoisotopic (exact) mass is 411 g/mol. The fourth-order valence-electron chi connectivity index (χ4n) is 2.65. The van der Waals surface area contributed by atoms with Gasteiger partial charge in [0, 0.05) is 11.3 Å². The lowest BCUT2D eigenvalue weighted by atomic mass is 10.1. The van der Waals surface area contributed by atoms with Crippen LogP contribution in [-0.4, -0.2) is 34.2 Å². The summed E-state index contributed by atoms with van der Waals surface area (Å²) in [6, 6.07) is 5.05. The van der Waals surface area contributed by atoms with E-state index in [1.54, 1.807) is 23.0 Å². The molecule has 7 nitrogen and oxygen atoms in total. The van der Waals surface area contributed by atoms with Crippen molar-refractivity contribution in [1.29, 1.82) is 0 Å². The predicted octanol–water partition coefficient (Wildman–Crippen LogP) is 2.02. The van der Waals surface area contributed by atoms with E-state index in [1.165, 1.54) is 12.1 Å². The fourth-order valence-corrected chi connectivity index (χ4v) is 2.65. The molecule has 4 N–H and O–H groups in total. The Balaban J connectivity index is 0.00000392. The van der Waals surface area contributed by atoms with E-state index in [2.05, 4.69) is 15.7 Å². The second-order valence-electron chi connectivity index (χ2n) is 6.85. The van der Waals surface area contributed by atoms with E-state index in [1.807, 2.05) is 27.7 Å². The number of benzene rings is 1. The summed E-state index contributed by atoms with van der Waals surface area (Å²) in [5.74, 6) is -0.996. The summed E-state index contributed by atoms with van der Waals surface area (Å²) in [6.45, 7) is 7.24. The number of hydrogen-bond donors (Lipinski definition) is 3. The van der Waals surface area contributed by atoms with Crippen molar-refractivity contribution in [3.05, 3.63) is 47.5 Å². The van der Waals surface area contributed by atoms with Crippen LogP contribution in [0.4, 0.5) is 4.39 Å². The largest absolute Gasteiger partial charge is 0.348 e. The molecule has 0 aliphatic carbocycles. The van der Waals surface area contributed by atoms with Gasteiger partial charge < -0.3 is 16.4 Å². The molecule has 2 amide bonds. The molecule has 154 valence electrons. The Hall–Kier alpha value is -2.45. The van der Waals surface area contributed by atoms with Gasteiger partial charge in [-0.15, -0.1) is 12.4 Å². The number of rotatable bonds is 7. The molecule has 9 heteroatoms. The SMILES string of the molecule is Cc1c(C(C)NC(=O)CNC(=O)[C@@H](N)C(C)C)cnn1-c1ccc(F)cc1.Cl. The topological polar surface area (TPSA) is 102 Å². The first-order chi connectivity index (χ1) is 12.7. The minimum atomic E-state index is -0.647. The number of amides is 2. The third-order valence-corrected chi connectivity index (χ3v) is 4.41. The Morgan fingerprint density at radius 2 is 1.82 bits per heavy atom. The number of nitrogens with zero attached hydrogens (tertiary/aromatic N) is 2. The Labute approximate surface area is 170 Å². The van der Waals surface area contributed by atoms with Gasteiger partial charge in [0.1, 0.15) is 5.82 Å². The molecule has 1 aromatic carbocycles. The lowest BCUT2D eigenvalue weighted by molar-refractivity contribution is -0.127. The maximum absolute atomic E-state index is 13.1. The van der Waals surface area contributed by atoms with Gasteiger partial charge >= 0.3 is 0 Å². The molecule has 0 bridgehead atoms. The number of nitrogens with two attached hydrogens (primary N) is 1. The number of halogens is 2. The van der Waals surface area contributed by atoms with Crippen molar-refractivity contribution in [2.45, 2.75) is 39.8 Å². The molecular formula is C19H27ClFN5O2. The lowest BCUT2D eigenvalue weighted by Crippen LogP contribution is -2.47. The molecule has 0 aliphatic rings. The zero-order chi connectivity index (χ0) is 20.1. The van der Waals surface area contributed by atoms with Crippen LogP contribution in [0.15, 0.2) is 30.5 Å². The van der Waals surface area contributed by atoms with Gasteiger partial charge in [-0.25, -0.2) is 9.07 Å². The third kappa shape index (κ3) is 5.77. The normalized spacial score (nSPS) is 12.8. The van der Waals surface area contributed by atoms with E-state index in [0.29, 0.717) is 0 Å². The van der Waals surface area contributed by atoms with Crippen LogP contribution >= 0.6 is 12.4 Å². The minimum Gasteiger partial charge on any atom is -0.348 e. The number of hydrogen-bond acceptors (Lipinski definition) is 4. The van der Waals surface area contributed by atoms with Gasteiger partial charge in [0.25, 0.3) is 0 Å². The summed E-state index contributed by atoms with van der Waals surface area (Å²) < 4.78 is 14.8. The van der Waals surface area contributed by atoms with Crippen LogP contribution in [0.5, 0.6) is 0 Å². The molecule has 0 saturated heterocycles. The van der Waals surface area contributed by atoms with E-state index >= 15 is 0 Å². The molecule has 0 radical (unpaired) electrons. The third-order valence-electron chi connectivity index (χ3n) is 4.41. The average Bonchev–Trinajstić information content (AvgIpc) is 3.01. The molecule has 2 atom stereocenters. The van der Waals surface area contributed by atoms with Crippen LogP contribution < -0.4 is 16.4 Å². The molecular weight excluding hydrogens is 385 g/mol. The highest BCUT2D eigenvalue weighted by Gasteiger charge is 2.19. The number of nitrogens with one attached hydrogen (secondary N) is 2. The Kier molecular flexibility index (Phi) is 8.59. The minimum absolute atomic E-state index is 0. The standard InChI is InChI=1S/C19H26FN5O2.ClH/c1-11(2)18(21)19(27)22-10-17(26)24-12(3)16-9-23-25(13(16)4)15-7-5-14(20)6-8-15;/h5-9,11-12,18H,10,21H2,1-4H3,(H,22,27)(H,24,26);1H/t12?,18-;/m0./s1. The van der Waals surface area contributed by atoms with Crippen molar-refractivity contribution in [1.82, 2.24) is 20.4 Å². The van der Waals surface area contributed by atoms with Gasteiger partial charge in [-0.05, 0) is 44.0 Å². The van der Waals surface area contributed by atoms with Crippen LogP contribution in [0.25, 0.3) is 5.69 Å². The summed E-state index contributed by atoms with van der Waals surface area (Å²) in [5.41, 5.74) is 8.14. The summed E-state index contributed by atoms with van der Waals surface area (Å²) in [6.07, 6.45) is 1.66. The van der Waals surface area contributed by atoms with Crippen molar-refractivity contribution >= 4 is 24.2 Å². The molecule has 2 aromatic rings. The molecule has 2 rings (SSSR count). The van der Waals surface area contributed by atoms with Gasteiger partial charge in [-0.1, -0.05) is 13.8 Å². The first kappa shape index (κ1) is 23.6. The first-order valence-electron chi connectivity index (χ1n) is 8.83. The highest BCUT2D eigenvalue weighted by atomic mass is 35.5. The number of carbonyl (C=O) groups excluding carboxylic acids is 2. The van der Waals surface area contributed by atoms with Crippen LogP contribution in [0.1, 0.15) is 38.1 Å². The van der Waals surface area contributed by atoms with Gasteiger partial charge in [0.15, 0.2) is 0 Å². The van der Waals surface area contributed by atoms with Crippen LogP contribution in [-0.2, 0) is 9.59 Å². The molecule has 1 unspecified atom stereocenters. The van der Waals surface area contributed by atoms with E-state index in [-0.39, 0.29) is 48.5 Å². The van der Waals surface area contributed by atoms with E-state index in [0.717, 1.165) is 16.9 Å². The van der Waals surface area contributed by atoms with Gasteiger partial charge in [-0.3, -0.25) is 9.59 Å². The summed E-state index contributed by atoms with van der Waals surface area (Å²) in [4.78, 5) is 23.9. The zero-order valence-corrected chi connectivity index (χ0v) is 17.2. The number of carbonyl (C=O) groups is 2. The van der Waals surface area contributed by atoms with Gasteiger partial charge in [0.2, 0.25) is 11.8 Å². The van der Waals surface area contributed by atoms with E-state index in [9.17, 15) is 14.0 Å². The lowest BCUT2D eigenvalue weighted by Gasteiger charge is -2.17. The molecule has 0 saturated carbocycles. The summed E-state index contributed by atoms with van der Waals surface area (Å²) >= 11 is 0. The summed E-state index contributed by atoms with van der Waals surface area (Å²) in [7, 11) is 0. The molecule has 28 heavy (non-hydrogen) atoms. The molecule has 1 aromatic heterocycles. The van der Waals surface area contributed by atoms with Crippen LogP contribution in [0.2, 0.25) is 0 Å². The molecule has 0 spiro atoms. The van der Waals surface area contributed by atoms with Crippen molar-refractivity contribution in [3.8, 4) is 5.69 Å². The predicted molar refractivity (Wildman–Crippen MR) is 108 cm³/mol. The fraction of sp³-hybridized carbons (Fsp3) is 0.421. The molecule has 0 fully saturated rings. The second-order valence-corrected chi connectivity index (χ2v) is 6.85. The maximum atomic E-state index is 13.1. The molecule has 1 heterocycles. The van der Waals surface area contributed by atoms with Crippen LogP contribution in [0.3, 0.4) is 0 Å². The van der Waals surface area contributed by atoms with E-state index < -0.39 is 6.04 Å². The maximum Gasteiger partial charge on any atom is 0.239 e. The highest BCUT2D eigenvalue weighted by molar-refractivity contribution is 5.87. The van der Waals surface area contributed by atoms with Crippen molar-refractivity contribution in [3.63, 3.8) is 0 Å². The van der Waals surface area contributed by atoms with Gasteiger partial charge in [0.05, 0.1) is 30.5 Å². The van der Waals surface area contributed by atoms with Gasteiger partial charge in [-0.2, -0.15) is 5.10 Å². The van der Waals surface area contributed by atoms with Crippen molar-refractivity contribution in [2.24, 2.45) is 11.7 Å². The first-order valence-corrected chi connectivity index (χ1v) is 8.83. The Bertz CT molecular complexity index is 807. The Morgan fingerprint density at radius 1 is 1.21 bits per heavy atom. The molecule has 0 aliphatic heterocycles. The smallest absolute Gasteiger partial charge is 0.239 e. The van der Waals surface area contributed by atoms with Crippen molar-refractivity contribution < 1.29 is 14.0 Å². The van der Waals surface area contributed by atoms with E-state index in [4.69, 9.17) is 5.73 Å². The summed E-state index contributed by atoms with van der Waals surface area (Å²) in [5, 5.41) is 9.68. The van der Waals surface area contributed by atoms with Crippen molar-refractivity contribution in [2.75, 3.05) is 6.54 Å². The highest BCUT2D eigenvalue weighted by Crippen LogP contribution is 2.20. The Morgan fingerprint density at radius 3 is 2.39 bits per heavy atom.